The molecule has 0 aliphatic heterocycles. The Labute approximate surface area is 81.4 Å². The van der Waals surface area contributed by atoms with Crippen LogP contribution in [0.2, 0.25) is 0 Å². The van der Waals surface area contributed by atoms with Gasteiger partial charge in [0.1, 0.15) is 11.9 Å². The van der Waals surface area contributed by atoms with Gasteiger partial charge in [0.2, 0.25) is 0 Å². The first kappa shape index (κ1) is 8.96. The molecule has 2 rings (SSSR count). The molecule has 5 nitrogen and oxygen atoms in total. The summed E-state index contributed by atoms with van der Waals surface area (Å²) in [6, 6.07) is 0. The molecule has 14 heavy (non-hydrogen) atoms. The Balaban J connectivity index is 2.38. The fourth-order valence-electron chi connectivity index (χ4n) is 1.42. The van der Waals surface area contributed by atoms with Crippen LogP contribution in [-0.4, -0.2) is 24.9 Å². The largest absolute Gasteiger partial charge is 0.380 e. The van der Waals surface area contributed by atoms with Crippen LogP contribution in [0.3, 0.4) is 0 Å². The van der Waals surface area contributed by atoms with Crippen LogP contribution in [0.15, 0.2) is 18.6 Å². The lowest BCUT2D eigenvalue weighted by molar-refractivity contribution is 0.205. The lowest BCUT2D eigenvalue weighted by Crippen LogP contribution is -2.07. The average Bonchev–Trinajstić information content (AvgIpc) is 2.73. The first-order chi connectivity index (χ1) is 6.70. The van der Waals surface area contributed by atoms with E-state index in [1.807, 2.05) is 14.0 Å². The third kappa shape index (κ3) is 1.31. The van der Waals surface area contributed by atoms with Gasteiger partial charge in [0, 0.05) is 30.7 Å². The molecule has 0 saturated carbocycles. The van der Waals surface area contributed by atoms with E-state index in [9.17, 15) is 5.11 Å². The van der Waals surface area contributed by atoms with Crippen LogP contribution < -0.4 is 0 Å². The molecule has 1 unspecified atom stereocenters. The molecule has 0 spiro atoms. The van der Waals surface area contributed by atoms with Gasteiger partial charge in [0.15, 0.2) is 0 Å². The Morgan fingerprint density at radius 3 is 2.86 bits per heavy atom. The normalized spacial score (nSPS) is 13.1. The second kappa shape index (κ2) is 3.26. The zero-order chi connectivity index (χ0) is 10.1. The van der Waals surface area contributed by atoms with Crippen LogP contribution >= 0.6 is 0 Å². The van der Waals surface area contributed by atoms with Crippen molar-refractivity contribution in [2.75, 3.05) is 0 Å². The van der Waals surface area contributed by atoms with E-state index >= 15 is 0 Å². The van der Waals surface area contributed by atoms with E-state index in [2.05, 4.69) is 15.2 Å². The van der Waals surface area contributed by atoms with Crippen LogP contribution in [0.5, 0.6) is 0 Å². The minimum absolute atomic E-state index is 0.620. The number of H-pyrrole nitrogens is 1. The number of aliphatic hydroxyl groups is 1. The van der Waals surface area contributed by atoms with Crippen LogP contribution in [0, 0.1) is 6.92 Å². The van der Waals surface area contributed by atoms with E-state index in [0.717, 1.165) is 11.3 Å². The van der Waals surface area contributed by atoms with Gasteiger partial charge >= 0.3 is 0 Å². The van der Waals surface area contributed by atoms with E-state index in [-0.39, 0.29) is 0 Å². The lowest BCUT2D eigenvalue weighted by Gasteiger charge is -2.09. The fourth-order valence-corrected chi connectivity index (χ4v) is 1.42. The summed E-state index contributed by atoms with van der Waals surface area (Å²) in [7, 11) is 1.85. The van der Waals surface area contributed by atoms with Gasteiger partial charge in [-0.2, -0.15) is 5.10 Å². The van der Waals surface area contributed by atoms with Crippen molar-refractivity contribution in [1.29, 1.82) is 0 Å². The number of nitrogens with one attached hydrogen (secondary N) is 1. The first-order valence-corrected chi connectivity index (χ1v) is 4.35. The van der Waals surface area contributed by atoms with Crippen molar-refractivity contribution in [3.8, 4) is 0 Å². The van der Waals surface area contributed by atoms with Gasteiger partial charge in [-0.3, -0.25) is 5.10 Å². The third-order valence-corrected chi connectivity index (χ3v) is 2.27. The number of hydrogen-bond donors (Lipinski definition) is 2. The van der Waals surface area contributed by atoms with Crippen molar-refractivity contribution in [2.45, 2.75) is 13.0 Å². The number of nitrogens with zero attached hydrogens (tertiary/aromatic N) is 3. The highest BCUT2D eigenvalue weighted by Crippen LogP contribution is 2.21. The van der Waals surface area contributed by atoms with Gasteiger partial charge in [-0.15, -0.1) is 0 Å². The zero-order valence-corrected chi connectivity index (χ0v) is 8.10. The van der Waals surface area contributed by atoms with Gasteiger partial charge in [0.25, 0.3) is 0 Å². The predicted octanol–water partition coefficient (Wildman–Crippen LogP) is 0.533. The van der Waals surface area contributed by atoms with Crippen molar-refractivity contribution in [3.05, 3.63) is 35.7 Å². The standard InChI is InChI=1S/C9H12N4O/c1-6-7(5-11-12-6)8(14)9-10-3-4-13(9)2/h3-5,8,14H,1-2H3,(H,11,12). The van der Waals surface area contributed by atoms with E-state index in [1.165, 1.54) is 0 Å². The maximum atomic E-state index is 9.99. The Hall–Kier alpha value is -1.62. The van der Waals surface area contributed by atoms with Crippen LogP contribution in [-0.2, 0) is 7.05 Å². The van der Waals surface area contributed by atoms with Crippen molar-refractivity contribution in [2.24, 2.45) is 7.05 Å². The summed E-state index contributed by atoms with van der Waals surface area (Å²) >= 11 is 0. The predicted molar refractivity (Wildman–Crippen MR) is 50.6 cm³/mol. The second-order valence-corrected chi connectivity index (χ2v) is 3.25. The Morgan fingerprint density at radius 1 is 1.57 bits per heavy atom. The van der Waals surface area contributed by atoms with Gasteiger partial charge in [-0.05, 0) is 6.92 Å². The Bertz CT molecular complexity index is 391. The van der Waals surface area contributed by atoms with E-state index in [1.54, 1.807) is 23.2 Å². The number of aliphatic hydroxyl groups excluding tert-OH is 1. The summed E-state index contributed by atoms with van der Waals surface area (Å²) in [6.45, 7) is 1.87. The SMILES string of the molecule is Cc1[nH]ncc1C(O)c1nccn1C. The molecule has 0 aliphatic rings. The molecule has 0 aromatic carbocycles. The third-order valence-electron chi connectivity index (χ3n) is 2.27. The van der Waals surface area contributed by atoms with E-state index in [0.29, 0.717) is 5.82 Å². The topological polar surface area (TPSA) is 66.7 Å². The molecule has 2 aromatic heterocycles. The van der Waals surface area contributed by atoms with E-state index < -0.39 is 6.10 Å². The summed E-state index contributed by atoms with van der Waals surface area (Å²) < 4.78 is 1.79. The molecule has 5 heteroatoms. The van der Waals surface area contributed by atoms with Crippen LogP contribution in [0.1, 0.15) is 23.2 Å². The van der Waals surface area contributed by atoms with Gasteiger partial charge in [-0.1, -0.05) is 0 Å². The molecule has 0 radical (unpaired) electrons. The summed E-state index contributed by atoms with van der Waals surface area (Å²) in [4.78, 5) is 4.08. The van der Waals surface area contributed by atoms with Crippen LogP contribution in [0.4, 0.5) is 0 Å². The first-order valence-electron chi connectivity index (χ1n) is 4.35. The molecule has 0 amide bonds. The van der Waals surface area contributed by atoms with Gasteiger partial charge in [0.05, 0.1) is 6.20 Å². The maximum Gasteiger partial charge on any atom is 0.142 e. The molecule has 0 aliphatic carbocycles. The molecule has 2 N–H and O–H groups in total. The Kier molecular flexibility index (Phi) is 2.09. The Morgan fingerprint density at radius 2 is 2.36 bits per heavy atom. The van der Waals surface area contributed by atoms with Gasteiger partial charge < -0.3 is 9.67 Å². The van der Waals surface area contributed by atoms with Crippen LogP contribution in [0.25, 0.3) is 0 Å². The molecule has 0 fully saturated rings. The minimum Gasteiger partial charge on any atom is -0.380 e. The number of imidazole rings is 1. The maximum absolute atomic E-state index is 9.99. The molecule has 0 saturated heterocycles. The lowest BCUT2D eigenvalue weighted by atomic mass is 10.1. The molecule has 74 valence electrons. The average molecular weight is 192 g/mol. The smallest absolute Gasteiger partial charge is 0.142 e. The van der Waals surface area contributed by atoms with Crippen molar-refractivity contribution in [1.82, 2.24) is 19.7 Å². The number of rotatable bonds is 2. The number of aryl methyl sites for hydroxylation is 2. The number of aromatic amines is 1. The molecule has 0 bridgehead atoms. The fraction of sp³-hybridized carbons (Fsp3) is 0.333. The van der Waals surface area contributed by atoms with Crippen molar-refractivity contribution < 1.29 is 5.11 Å². The molecular weight excluding hydrogens is 180 g/mol. The molecule has 2 aromatic rings. The second-order valence-electron chi connectivity index (χ2n) is 3.25. The highest BCUT2D eigenvalue weighted by Gasteiger charge is 2.17. The summed E-state index contributed by atoms with van der Waals surface area (Å²) in [5.74, 6) is 0.620. The highest BCUT2D eigenvalue weighted by atomic mass is 16.3. The minimum atomic E-state index is -0.714. The summed E-state index contributed by atoms with van der Waals surface area (Å²) in [5, 5.41) is 16.6. The number of hydrogen-bond acceptors (Lipinski definition) is 3. The van der Waals surface area contributed by atoms with Crippen molar-refractivity contribution >= 4 is 0 Å². The van der Waals surface area contributed by atoms with Crippen molar-refractivity contribution in [3.63, 3.8) is 0 Å². The molecular formula is C9H12N4O. The summed E-state index contributed by atoms with van der Waals surface area (Å²) in [6.07, 6.45) is 4.37. The van der Waals surface area contributed by atoms with E-state index in [4.69, 9.17) is 0 Å². The van der Waals surface area contributed by atoms with Gasteiger partial charge in [-0.25, -0.2) is 4.98 Å². The zero-order valence-electron chi connectivity index (χ0n) is 8.10. The summed E-state index contributed by atoms with van der Waals surface area (Å²) in [5.41, 5.74) is 1.62. The molecule has 2 heterocycles. The number of aromatic nitrogens is 4. The highest BCUT2D eigenvalue weighted by molar-refractivity contribution is 5.23. The molecule has 1 atom stereocenters. The monoisotopic (exact) mass is 192 g/mol. The quantitative estimate of drug-likeness (QED) is 0.729.